The first-order valence-corrected chi connectivity index (χ1v) is 12.0. The molecule has 2 atom stereocenters. The fraction of sp³-hybridized carbons (Fsp3) is 0.556. The maximum absolute atomic E-state index is 12.3. The summed E-state index contributed by atoms with van der Waals surface area (Å²) in [7, 11) is 0. The van der Waals surface area contributed by atoms with Gasteiger partial charge in [0.1, 0.15) is 5.75 Å². The van der Waals surface area contributed by atoms with Crippen LogP contribution in [0.5, 0.6) is 5.75 Å². The molecule has 2 unspecified atom stereocenters. The highest BCUT2D eigenvalue weighted by molar-refractivity contribution is 5.35. The van der Waals surface area contributed by atoms with E-state index in [9.17, 15) is 5.11 Å². The number of hydrogen-bond acceptors (Lipinski definition) is 4. The van der Waals surface area contributed by atoms with Gasteiger partial charge in [0.15, 0.2) is 0 Å². The van der Waals surface area contributed by atoms with Crippen molar-refractivity contribution in [3.63, 3.8) is 0 Å². The summed E-state index contributed by atoms with van der Waals surface area (Å²) in [5.74, 6) is 0.865. The van der Waals surface area contributed by atoms with Crippen molar-refractivity contribution in [3.05, 3.63) is 65.7 Å². The van der Waals surface area contributed by atoms with Crippen LogP contribution in [0.1, 0.15) is 63.0 Å². The molecule has 31 heavy (non-hydrogen) atoms. The molecular weight excluding hydrogens is 386 g/mol. The molecule has 0 amide bonds. The monoisotopic (exact) mass is 425 g/mol. The van der Waals surface area contributed by atoms with Crippen LogP contribution in [0.25, 0.3) is 0 Å². The standard InChI is InChI=1S/C27H39NO3/c1-3-5-16-27(29,24-12-14-25(15-13-24)31-19-6-4-2)26(23-10-8-7-9-11-23)22-28-17-20-30-21-18-28/h7-15,26,29H,3-6,16-22H2,1-2H3. The third-order valence-electron chi connectivity index (χ3n) is 6.36. The van der Waals surface area contributed by atoms with Crippen molar-refractivity contribution >= 4 is 0 Å². The van der Waals surface area contributed by atoms with Gasteiger partial charge in [-0.3, -0.25) is 4.90 Å². The smallest absolute Gasteiger partial charge is 0.119 e. The van der Waals surface area contributed by atoms with Gasteiger partial charge in [-0.15, -0.1) is 0 Å². The predicted molar refractivity (Wildman–Crippen MR) is 127 cm³/mol. The zero-order valence-corrected chi connectivity index (χ0v) is 19.3. The topological polar surface area (TPSA) is 41.9 Å². The number of morpholine rings is 1. The minimum absolute atomic E-state index is 0.00907. The number of nitrogens with zero attached hydrogens (tertiary/aromatic N) is 1. The first-order valence-electron chi connectivity index (χ1n) is 12.0. The molecule has 3 rings (SSSR count). The van der Waals surface area contributed by atoms with Crippen molar-refractivity contribution < 1.29 is 14.6 Å². The van der Waals surface area contributed by atoms with Gasteiger partial charge in [0, 0.05) is 25.6 Å². The second kappa shape index (κ2) is 12.2. The zero-order valence-electron chi connectivity index (χ0n) is 19.3. The molecule has 0 bridgehead atoms. The Balaban J connectivity index is 1.90. The summed E-state index contributed by atoms with van der Waals surface area (Å²) in [4.78, 5) is 2.43. The molecule has 0 spiro atoms. The first kappa shape index (κ1) is 23.8. The summed E-state index contributed by atoms with van der Waals surface area (Å²) >= 11 is 0. The van der Waals surface area contributed by atoms with E-state index in [-0.39, 0.29) is 5.92 Å². The lowest BCUT2D eigenvalue weighted by Gasteiger charge is -2.41. The minimum atomic E-state index is -0.933. The zero-order chi connectivity index (χ0) is 21.9. The van der Waals surface area contributed by atoms with Gasteiger partial charge in [-0.25, -0.2) is 0 Å². The van der Waals surface area contributed by atoms with Gasteiger partial charge in [0.2, 0.25) is 0 Å². The summed E-state index contributed by atoms with van der Waals surface area (Å²) in [6.45, 7) is 9.26. The highest BCUT2D eigenvalue weighted by Gasteiger charge is 2.40. The molecule has 1 fully saturated rings. The molecule has 4 heteroatoms. The van der Waals surface area contributed by atoms with Gasteiger partial charge in [-0.1, -0.05) is 75.6 Å². The molecule has 1 saturated heterocycles. The number of rotatable bonds is 12. The molecule has 1 aliphatic rings. The Bertz CT molecular complexity index is 743. The van der Waals surface area contributed by atoms with Gasteiger partial charge in [0.25, 0.3) is 0 Å². The van der Waals surface area contributed by atoms with Crippen molar-refractivity contribution in [1.29, 1.82) is 0 Å². The number of ether oxygens (including phenoxy) is 2. The summed E-state index contributed by atoms with van der Waals surface area (Å²) < 4.78 is 11.4. The van der Waals surface area contributed by atoms with Gasteiger partial charge in [-0.05, 0) is 36.1 Å². The first-order chi connectivity index (χ1) is 15.2. The molecule has 0 aromatic heterocycles. The lowest BCUT2D eigenvalue weighted by atomic mass is 9.74. The molecule has 1 aliphatic heterocycles. The Morgan fingerprint density at radius 3 is 2.29 bits per heavy atom. The second-order valence-electron chi connectivity index (χ2n) is 8.63. The van der Waals surface area contributed by atoms with Crippen LogP contribution in [0, 0.1) is 0 Å². The molecule has 1 N–H and O–H groups in total. The molecular formula is C27H39NO3. The molecule has 0 saturated carbocycles. The number of hydrogen-bond donors (Lipinski definition) is 1. The van der Waals surface area contributed by atoms with Crippen molar-refractivity contribution in [3.8, 4) is 5.75 Å². The Morgan fingerprint density at radius 1 is 0.968 bits per heavy atom. The van der Waals surface area contributed by atoms with Crippen molar-refractivity contribution in [2.45, 2.75) is 57.5 Å². The molecule has 4 nitrogen and oxygen atoms in total. The Labute approximate surface area is 188 Å². The highest BCUT2D eigenvalue weighted by atomic mass is 16.5. The van der Waals surface area contributed by atoms with Crippen LogP contribution in [0.15, 0.2) is 54.6 Å². The van der Waals surface area contributed by atoms with Crippen LogP contribution in [0.4, 0.5) is 0 Å². The van der Waals surface area contributed by atoms with Crippen molar-refractivity contribution in [2.24, 2.45) is 0 Å². The van der Waals surface area contributed by atoms with Crippen molar-refractivity contribution in [2.75, 3.05) is 39.5 Å². The van der Waals surface area contributed by atoms with E-state index in [1.165, 1.54) is 5.56 Å². The molecule has 2 aromatic carbocycles. The lowest BCUT2D eigenvalue weighted by molar-refractivity contribution is -0.0294. The van der Waals surface area contributed by atoms with E-state index in [1.807, 2.05) is 18.2 Å². The van der Waals surface area contributed by atoms with E-state index in [2.05, 4.69) is 55.1 Å². The molecule has 2 aromatic rings. The van der Waals surface area contributed by atoms with E-state index >= 15 is 0 Å². The fourth-order valence-electron chi connectivity index (χ4n) is 4.40. The predicted octanol–water partition coefficient (Wildman–Crippen LogP) is 5.36. The molecule has 0 radical (unpaired) electrons. The van der Waals surface area contributed by atoms with Crippen LogP contribution in [-0.4, -0.2) is 49.5 Å². The summed E-state index contributed by atoms with van der Waals surface area (Å²) in [5, 5.41) is 12.3. The third-order valence-corrected chi connectivity index (χ3v) is 6.36. The number of unbranched alkanes of at least 4 members (excludes halogenated alkanes) is 2. The molecule has 0 aliphatic carbocycles. The fourth-order valence-corrected chi connectivity index (χ4v) is 4.40. The van der Waals surface area contributed by atoms with Gasteiger partial charge in [0.05, 0.1) is 25.4 Å². The lowest BCUT2D eigenvalue weighted by Crippen LogP contribution is -2.45. The summed E-state index contributed by atoms with van der Waals surface area (Å²) in [6.07, 6.45) is 4.95. The normalized spacial score (nSPS) is 17.8. The number of aliphatic hydroxyl groups is 1. The van der Waals surface area contributed by atoms with Crippen LogP contribution in [-0.2, 0) is 10.3 Å². The largest absolute Gasteiger partial charge is 0.494 e. The Kier molecular flexibility index (Phi) is 9.38. The van der Waals surface area contributed by atoms with E-state index in [0.717, 1.165) is 82.9 Å². The maximum atomic E-state index is 12.3. The summed E-state index contributed by atoms with van der Waals surface area (Å²) in [5.41, 5.74) is 1.24. The average molecular weight is 426 g/mol. The van der Waals surface area contributed by atoms with E-state index < -0.39 is 5.60 Å². The van der Waals surface area contributed by atoms with E-state index in [1.54, 1.807) is 0 Å². The van der Waals surface area contributed by atoms with E-state index in [0.29, 0.717) is 0 Å². The number of benzene rings is 2. The van der Waals surface area contributed by atoms with Gasteiger partial charge >= 0.3 is 0 Å². The van der Waals surface area contributed by atoms with Gasteiger partial charge < -0.3 is 14.6 Å². The van der Waals surface area contributed by atoms with Crippen LogP contribution in [0.2, 0.25) is 0 Å². The quantitative estimate of drug-likeness (QED) is 0.465. The van der Waals surface area contributed by atoms with Crippen LogP contribution >= 0.6 is 0 Å². The SMILES string of the molecule is CCCCOc1ccc(C(O)(CCCC)C(CN2CCOCC2)c2ccccc2)cc1. The van der Waals surface area contributed by atoms with Gasteiger partial charge in [-0.2, -0.15) is 0 Å². The molecule has 1 heterocycles. The Morgan fingerprint density at radius 2 is 1.65 bits per heavy atom. The highest BCUT2D eigenvalue weighted by Crippen LogP contribution is 2.42. The average Bonchev–Trinajstić information content (AvgIpc) is 2.83. The van der Waals surface area contributed by atoms with E-state index in [4.69, 9.17) is 9.47 Å². The molecule has 170 valence electrons. The summed E-state index contributed by atoms with van der Waals surface area (Å²) in [6, 6.07) is 18.7. The minimum Gasteiger partial charge on any atom is -0.494 e. The van der Waals surface area contributed by atoms with Crippen molar-refractivity contribution in [1.82, 2.24) is 4.90 Å². The third kappa shape index (κ3) is 6.55. The maximum Gasteiger partial charge on any atom is 0.119 e. The Hall–Kier alpha value is -1.88. The van der Waals surface area contributed by atoms with Crippen LogP contribution in [0.3, 0.4) is 0 Å². The second-order valence-corrected chi connectivity index (χ2v) is 8.63. The van der Waals surface area contributed by atoms with Crippen LogP contribution < -0.4 is 4.74 Å².